The van der Waals surface area contributed by atoms with Gasteiger partial charge in [0.25, 0.3) is 0 Å². The lowest BCUT2D eigenvalue weighted by Gasteiger charge is -2.36. The van der Waals surface area contributed by atoms with Crippen molar-refractivity contribution in [3.05, 3.63) is 64.1 Å². The Balaban J connectivity index is 1.76. The monoisotopic (exact) mass is 409 g/mol. The van der Waals surface area contributed by atoms with Gasteiger partial charge in [-0.05, 0) is 17.7 Å². The molecular formula is C18H17Cl2N3O2S. The second-order valence-corrected chi connectivity index (χ2v) is 8.63. The van der Waals surface area contributed by atoms with E-state index in [2.05, 4.69) is 6.07 Å². The molecule has 0 aliphatic carbocycles. The third kappa shape index (κ3) is 3.73. The molecule has 3 rings (SSSR count). The summed E-state index contributed by atoms with van der Waals surface area (Å²) in [5.41, 5.74) is 0.907. The molecule has 136 valence electrons. The lowest BCUT2D eigenvalue weighted by atomic mass is 10.1. The van der Waals surface area contributed by atoms with Crippen LogP contribution in [0, 0.1) is 11.3 Å². The number of benzene rings is 2. The average Bonchev–Trinajstić information content (AvgIpc) is 2.66. The number of hydrogen-bond acceptors (Lipinski definition) is 4. The fourth-order valence-electron chi connectivity index (χ4n) is 3.03. The number of sulfonamides is 1. The van der Waals surface area contributed by atoms with Crippen molar-refractivity contribution < 1.29 is 8.42 Å². The molecule has 2 aromatic carbocycles. The van der Waals surface area contributed by atoms with Crippen LogP contribution in [0.15, 0.2) is 53.4 Å². The number of nitrogens with zero attached hydrogens (tertiary/aromatic N) is 3. The maximum Gasteiger partial charge on any atom is 0.244 e. The molecule has 1 fully saturated rings. The number of rotatable bonds is 4. The lowest BCUT2D eigenvalue weighted by Crippen LogP contribution is -2.49. The number of hydrogen-bond donors (Lipinski definition) is 0. The minimum absolute atomic E-state index is 0.0139. The highest BCUT2D eigenvalue weighted by Gasteiger charge is 2.33. The van der Waals surface area contributed by atoms with Crippen molar-refractivity contribution >= 4 is 33.2 Å². The molecule has 5 nitrogen and oxygen atoms in total. The van der Waals surface area contributed by atoms with Crippen molar-refractivity contribution in [3.63, 3.8) is 0 Å². The maximum absolute atomic E-state index is 12.9. The van der Waals surface area contributed by atoms with Crippen molar-refractivity contribution in [2.45, 2.75) is 10.9 Å². The quantitative estimate of drug-likeness (QED) is 0.773. The molecule has 0 aromatic heterocycles. The molecule has 1 saturated heterocycles. The summed E-state index contributed by atoms with van der Waals surface area (Å²) >= 11 is 12.0. The summed E-state index contributed by atoms with van der Waals surface area (Å²) in [5, 5.41) is 9.79. The van der Waals surface area contributed by atoms with Crippen LogP contribution in [-0.2, 0) is 10.0 Å². The van der Waals surface area contributed by atoms with E-state index in [4.69, 9.17) is 23.2 Å². The van der Waals surface area contributed by atoms with Crippen LogP contribution >= 0.6 is 23.2 Å². The molecular weight excluding hydrogens is 393 g/mol. The molecule has 8 heteroatoms. The third-order valence-electron chi connectivity index (χ3n) is 4.41. The molecule has 0 N–H and O–H groups in total. The summed E-state index contributed by atoms with van der Waals surface area (Å²) in [6.45, 7) is 1.50. The number of nitriles is 1. The van der Waals surface area contributed by atoms with E-state index in [1.807, 2.05) is 35.2 Å². The van der Waals surface area contributed by atoms with Gasteiger partial charge in [0.2, 0.25) is 10.0 Å². The average molecular weight is 410 g/mol. The van der Waals surface area contributed by atoms with Crippen LogP contribution in [0.4, 0.5) is 0 Å². The van der Waals surface area contributed by atoms with Crippen LogP contribution in [-0.4, -0.2) is 43.8 Å². The van der Waals surface area contributed by atoms with Crippen molar-refractivity contribution in [3.8, 4) is 6.07 Å². The summed E-state index contributed by atoms with van der Waals surface area (Å²) < 4.78 is 27.1. The van der Waals surface area contributed by atoms with Crippen molar-refractivity contribution in [2.24, 2.45) is 0 Å². The lowest BCUT2D eigenvalue weighted by molar-refractivity contribution is 0.162. The van der Waals surface area contributed by atoms with Crippen LogP contribution in [0.3, 0.4) is 0 Å². The molecule has 1 aliphatic rings. The normalized spacial score (nSPS) is 17.6. The second-order valence-electron chi connectivity index (χ2n) is 5.93. The van der Waals surface area contributed by atoms with Crippen molar-refractivity contribution in [2.75, 3.05) is 26.2 Å². The number of halogens is 2. The first kappa shape index (κ1) is 19.2. The topological polar surface area (TPSA) is 64.4 Å². The Morgan fingerprint density at radius 3 is 2.23 bits per heavy atom. The number of piperazine rings is 1. The summed E-state index contributed by atoms with van der Waals surface area (Å²) in [4.78, 5) is 2.00. The molecule has 0 amide bonds. The van der Waals surface area contributed by atoms with Gasteiger partial charge in [0.1, 0.15) is 10.9 Å². The Hall–Kier alpha value is -1.62. The van der Waals surface area contributed by atoms with Gasteiger partial charge in [0.05, 0.1) is 16.1 Å². The van der Waals surface area contributed by atoms with E-state index >= 15 is 0 Å². The van der Waals surface area contributed by atoms with E-state index in [0.29, 0.717) is 13.1 Å². The Bertz CT molecular complexity index is 921. The first-order valence-corrected chi connectivity index (χ1v) is 10.3. The molecule has 1 unspecified atom stereocenters. The molecule has 26 heavy (non-hydrogen) atoms. The first-order valence-electron chi connectivity index (χ1n) is 8.08. The third-order valence-corrected chi connectivity index (χ3v) is 7.28. The molecule has 0 bridgehead atoms. The smallest absolute Gasteiger partial charge is 0.244 e. The highest BCUT2D eigenvalue weighted by atomic mass is 35.5. The van der Waals surface area contributed by atoms with Crippen LogP contribution in [0.2, 0.25) is 10.0 Å². The van der Waals surface area contributed by atoms with Gasteiger partial charge in [0, 0.05) is 26.2 Å². The Kier molecular flexibility index (Phi) is 5.86. The fourth-order valence-corrected chi connectivity index (χ4v) is 5.18. The minimum Gasteiger partial charge on any atom is -0.282 e. The zero-order valence-corrected chi connectivity index (χ0v) is 16.2. The van der Waals surface area contributed by atoms with E-state index in [0.717, 1.165) is 5.56 Å². The van der Waals surface area contributed by atoms with Crippen LogP contribution in [0.25, 0.3) is 0 Å². The SMILES string of the molecule is N#CC(c1ccccc1)N1CCN(S(=O)(=O)c2cccc(Cl)c2Cl)CC1. The van der Waals surface area contributed by atoms with Gasteiger partial charge >= 0.3 is 0 Å². The van der Waals surface area contributed by atoms with Crippen LogP contribution in [0.5, 0.6) is 0 Å². The van der Waals surface area contributed by atoms with E-state index < -0.39 is 16.1 Å². The Morgan fingerprint density at radius 2 is 1.62 bits per heavy atom. The van der Waals surface area contributed by atoms with E-state index in [1.54, 1.807) is 12.1 Å². The highest BCUT2D eigenvalue weighted by molar-refractivity contribution is 7.89. The summed E-state index contributed by atoms with van der Waals surface area (Å²) in [6.07, 6.45) is 0. The first-order chi connectivity index (χ1) is 12.4. The van der Waals surface area contributed by atoms with Crippen LogP contribution < -0.4 is 0 Å². The van der Waals surface area contributed by atoms with Gasteiger partial charge in [-0.25, -0.2) is 8.42 Å². The maximum atomic E-state index is 12.9. The molecule has 1 heterocycles. The van der Waals surface area contributed by atoms with Gasteiger partial charge in [-0.1, -0.05) is 59.6 Å². The zero-order chi connectivity index (χ0) is 18.7. The molecule has 0 radical (unpaired) electrons. The highest BCUT2D eigenvalue weighted by Crippen LogP contribution is 2.32. The predicted octanol–water partition coefficient (Wildman–Crippen LogP) is 3.56. The second kappa shape index (κ2) is 7.95. The minimum atomic E-state index is -3.73. The fraction of sp³-hybridized carbons (Fsp3) is 0.278. The zero-order valence-electron chi connectivity index (χ0n) is 13.8. The van der Waals surface area contributed by atoms with Gasteiger partial charge < -0.3 is 0 Å². The van der Waals surface area contributed by atoms with E-state index in [-0.39, 0.29) is 28.0 Å². The summed E-state index contributed by atoms with van der Waals surface area (Å²) in [5.74, 6) is 0. The Morgan fingerprint density at radius 1 is 0.962 bits per heavy atom. The summed E-state index contributed by atoms with van der Waals surface area (Å²) in [7, 11) is -3.73. The van der Waals surface area contributed by atoms with Gasteiger partial charge in [-0.3, -0.25) is 4.90 Å². The van der Waals surface area contributed by atoms with Crippen molar-refractivity contribution in [1.29, 1.82) is 5.26 Å². The Labute approximate surface area is 163 Å². The summed E-state index contributed by atoms with van der Waals surface area (Å²) in [6, 6.07) is 16.0. The molecule has 0 saturated carbocycles. The van der Waals surface area contributed by atoms with Gasteiger partial charge in [-0.2, -0.15) is 9.57 Å². The molecule has 0 spiro atoms. The van der Waals surface area contributed by atoms with Crippen LogP contribution in [0.1, 0.15) is 11.6 Å². The largest absolute Gasteiger partial charge is 0.282 e. The van der Waals surface area contributed by atoms with Gasteiger partial charge in [0.15, 0.2) is 0 Å². The van der Waals surface area contributed by atoms with Gasteiger partial charge in [-0.15, -0.1) is 0 Å². The standard InChI is InChI=1S/C18H17Cl2N3O2S/c19-15-7-4-8-17(18(15)20)26(24,25)23-11-9-22(10-12-23)16(13-21)14-5-2-1-3-6-14/h1-8,16H,9-12H2. The molecule has 2 aromatic rings. The van der Waals surface area contributed by atoms with E-state index in [1.165, 1.54) is 10.4 Å². The molecule has 1 atom stereocenters. The van der Waals surface area contributed by atoms with Crippen molar-refractivity contribution in [1.82, 2.24) is 9.21 Å². The molecule has 1 aliphatic heterocycles. The van der Waals surface area contributed by atoms with E-state index in [9.17, 15) is 13.7 Å². The predicted molar refractivity (Wildman–Crippen MR) is 102 cm³/mol.